The van der Waals surface area contributed by atoms with E-state index in [0.717, 1.165) is 28.7 Å². The minimum Gasteiger partial charge on any atom is -0.478 e. The summed E-state index contributed by atoms with van der Waals surface area (Å²) in [7, 11) is 0. The van der Waals surface area contributed by atoms with Crippen molar-refractivity contribution >= 4 is 90.2 Å². The maximum absolute atomic E-state index is 14.4. The molecule has 0 bridgehead atoms. The van der Waals surface area contributed by atoms with Crippen LogP contribution in [0, 0.1) is 17.1 Å². The summed E-state index contributed by atoms with van der Waals surface area (Å²) in [5.74, 6) is -4.90. The van der Waals surface area contributed by atoms with Crippen molar-refractivity contribution in [2.24, 2.45) is 0 Å². The Bertz CT molecular complexity index is 2810. The zero-order chi connectivity index (χ0) is 39.5. The van der Waals surface area contributed by atoms with Crippen molar-refractivity contribution in [3.63, 3.8) is 0 Å². The van der Waals surface area contributed by atoms with Crippen LogP contribution in [0.4, 0.5) is 14.4 Å². The van der Waals surface area contributed by atoms with E-state index in [9.17, 15) is 33.8 Å². The number of fused-ring (bicyclic) bond motifs is 2. The number of anilines is 2. The third-order valence-electron chi connectivity index (χ3n) is 7.98. The molecule has 0 spiro atoms. The number of thiophene rings is 2. The average molecular weight is 806 g/mol. The summed E-state index contributed by atoms with van der Waals surface area (Å²) in [4.78, 5) is 56.8. The first kappa shape index (κ1) is 37.1. The molecule has 4 aromatic heterocycles. The smallest absolute Gasteiger partial charge is 0.339 e. The lowest BCUT2D eigenvalue weighted by atomic mass is 10.0. The molecule has 0 aliphatic heterocycles. The molecule has 8 rings (SSSR count). The second-order valence-corrected chi connectivity index (χ2v) is 13.7. The van der Waals surface area contributed by atoms with Gasteiger partial charge in [-0.05, 0) is 54.1 Å². The highest BCUT2D eigenvalue weighted by Crippen LogP contribution is 2.38. The minimum absolute atomic E-state index is 0.00628. The number of halogens is 2. The number of hydrogen-bond acceptors (Lipinski definition) is 11. The number of rotatable bonds is 8. The zero-order valence-corrected chi connectivity index (χ0v) is 30.5. The van der Waals surface area contributed by atoms with Crippen molar-refractivity contribution in [3.05, 3.63) is 141 Å². The number of benzene rings is 4. The van der Waals surface area contributed by atoms with Crippen molar-refractivity contribution in [1.82, 2.24) is 9.97 Å². The number of nitrogens with one attached hydrogen (secondary N) is 2. The molecule has 0 fully saturated rings. The van der Waals surface area contributed by atoms with Gasteiger partial charge in [-0.1, -0.05) is 54.1 Å². The number of carbonyl (C=O) groups excluding carboxylic acids is 2. The summed E-state index contributed by atoms with van der Waals surface area (Å²) in [6.45, 7) is 0. The Kier molecular flexibility index (Phi) is 10.4. The molecule has 0 saturated heterocycles. The predicted molar refractivity (Wildman–Crippen MR) is 207 cm³/mol. The quantitative estimate of drug-likeness (QED) is 0.114. The first-order valence-electron chi connectivity index (χ1n) is 16.0. The maximum Gasteiger partial charge on any atom is 0.339 e. The topological polar surface area (TPSA) is 209 Å². The number of para-hydroxylation sites is 4. The van der Waals surface area contributed by atoms with Crippen molar-refractivity contribution in [1.29, 1.82) is 5.26 Å². The van der Waals surface area contributed by atoms with Gasteiger partial charge in [0.15, 0.2) is 11.2 Å². The highest BCUT2D eigenvalue weighted by molar-refractivity contribution is 7.15. The van der Waals surface area contributed by atoms with Gasteiger partial charge in [-0.25, -0.2) is 23.9 Å². The Hall–Kier alpha value is -7.19. The summed E-state index contributed by atoms with van der Waals surface area (Å²) >= 11 is 7.94. The molecule has 0 unspecified atom stereocenters. The van der Waals surface area contributed by atoms with Gasteiger partial charge in [-0.15, -0.1) is 22.7 Å². The summed E-state index contributed by atoms with van der Waals surface area (Å²) in [6, 6.07) is 26.1. The number of carboxylic acids is 2. The molecule has 0 radical (unpaired) electrons. The predicted octanol–water partition coefficient (Wildman–Crippen LogP) is 9.68. The van der Waals surface area contributed by atoms with E-state index in [1.54, 1.807) is 78.2 Å². The molecule has 2 amide bonds. The van der Waals surface area contributed by atoms with E-state index in [1.165, 1.54) is 17.5 Å². The minimum atomic E-state index is -1.34. The zero-order valence-electron chi connectivity index (χ0n) is 28.1. The molecular weight excluding hydrogens is 785 g/mol. The lowest BCUT2D eigenvalue weighted by Gasteiger charge is -2.06. The van der Waals surface area contributed by atoms with Gasteiger partial charge < -0.3 is 29.7 Å². The van der Waals surface area contributed by atoms with Crippen LogP contribution in [-0.4, -0.2) is 43.9 Å². The molecule has 13 nitrogen and oxygen atoms in total. The van der Waals surface area contributed by atoms with E-state index in [4.69, 9.17) is 25.7 Å². The summed E-state index contributed by atoms with van der Waals surface area (Å²) in [5, 5.41) is 37.1. The molecule has 4 N–H and O–H groups in total. The number of hydrogen-bond donors (Lipinski definition) is 4. The monoisotopic (exact) mass is 805 g/mol. The highest BCUT2D eigenvalue weighted by Gasteiger charge is 2.26. The molecule has 17 heteroatoms. The first-order valence-corrected chi connectivity index (χ1v) is 18.1. The van der Waals surface area contributed by atoms with E-state index in [-0.39, 0.29) is 49.6 Å². The van der Waals surface area contributed by atoms with Gasteiger partial charge in [-0.3, -0.25) is 9.59 Å². The van der Waals surface area contributed by atoms with Crippen molar-refractivity contribution in [2.45, 2.75) is 0 Å². The van der Waals surface area contributed by atoms with Crippen LogP contribution in [-0.2, 0) is 0 Å². The van der Waals surface area contributed by atoms with Crippen molar-refractivity contribution in [3.8, 4) is 28.3 Å². The van der Waals surface area contributed by atoms with E-state index < -0.39 is 29.6 Å². The molecule has 56 heavy (non-hydrogen) atoms. The summed E-state index contributed by atoms with van der Waals surface area (Å²) in [6.07, 6.45) is 0. The molecule has 4 aromatic carbocycles. The second-order valence-electron chi connectivity index (χ2n) is 11.5. The normalized spacial score (nSPS) is 10.7. The second kappa shape index (κ2) is 15.7. The van der Waals surface area contributed by atoms with Crippen molar-refractivity contribution in [2.75, 3.05) is 10.6 Å². The Labute approximate surface area is 326 Å². The van der Waals surface area contributed by atoms with Gasteiger partial charge >= 0.3 is 23.8 Å². The van der Waals surface area contributed by atoms with Crippen LogP contribution in [0.3, 0.4) is 0 Å². The Morgan fingerprint density at radius 1 is 0.696 bits per heavy atom. The van der Waals surface area contributed by atoms with Crippen LogP contribution in [0.15, 0.2) is 111 Å². The fourth-order valence-electron chi connectivity index (χ4n) is 5.42. The van der Waals surface area contributed by atoms with Crippen LogP contribution < -0.4 is 10.6 Å². The number of carbonyl (C=O) groups is 4. The number of nitriles is 1. The third-order valence-corrected chi connectivity index (χ3v) is 10.0. The molecule has 8 aromatic rings. The van der Waals surface area contributed by atoms with Crippen LogP contribution in [0.2, 0.25) is 5.02 Å². The van der Waals surface area contributed by atoms with E-state index >= 15 is 0 Å². The van der Waals surface area contributed by atoms with Gasteiger partial charge in [0, 0.05) is 32.5 Å². The lowest BCUT2D eigenvalue weighted by molar-refractivity contribution is 0.0688. The summed E-state index contributed by atoms with van der Waals surface area (Å²) in [5.41, 5.74) is 3.09. The van der Waals surface area contributed by atoms with E-state index in [2.05, 4.69) is 20.6 Å². The lowest BCUT2D eigenvalue weighted by Crippen LogP contribution is -2.14. The van der Waals surface area contributed by atoms with Gasteiger partial charge in [0.05, 0.1) is 11.6 Å². The number of carboxylic acid groups (broad SMARTS) is 2. The molecule has 4 heterocycles. The number of nitrogens with zero attached hydrogens (tertiary/aromatic N) is 3. The van der Waals surface area contributed by atoms with E-state index in [1.807, 2.05) is 6.07 Å². The van der Waals surface area contributed by atoms with Gasteiger partial charge in [0.1, 0.15) is 38.0 Å². The molecule has 0 atom stereocenters. The summed E-state index contributed by atoms with van der Waals surface area (Å²) < 4.78 is 25.2. The number of aromatic carboxylic acids is 2. The molecule has 0 aliphatic rings. The van der Waals surface area contributed by atoms with Gasteiger partial charge in [0.2, 0.25) is 0 Å². The molecule has 0 saturated carbocycles. The van der Waals surface area contributed by atoms with Crippen LogP contribution in [0.1, 0.15) is 47.6 Å². The Morgan fingerprint density at radius 3 is 1.68 bits per heavy atom. The average Bonchev–Trinajstić information content (AvgIpc) is 4.00. The number of oxazole rings is 2. The van der Waals surface area contributed by atoms with Gasteiger partial charge in [-0.2, -0.15) is 5.26 Å². The SMILES string of the molecule is N#Cc1ccc(-c2csc(NC(=O)c3nc4ccccc4o3)c2C(=O)O)c(F)c1.O=C(Nc1scc(-c2ccc(Cl)cc2)c1C(=O)O)c1nc2ccccc2o1. The molecular formula is C39H21ClFN5O8S2. The highest BCUT2D eigenvalue weighted by atomic mass is 35.5. The largest absolute Gasteiger partial charge is 0.478 e. The fourth-order valence-corrected chi connectivity index (χ4v) is 7.45. The Balaban J connectivity index is 0.000000172. The fraction of sp³-hybridized carbons (Fsp3) is 0. The van der Waals surface area contributed by atoms with Crippen LogP contribution >= 0.6 is 34.3 Å². The van der Waals surface area contributed by atoms with Crippen molar-refractivity contribution < 1.29 is 42.6 Å². The van der Waals surface area contributed by atoms with Gasteiger partial charge in [0.25, 0.3) is 11.8 Å². The maximum atomic E-state index is 14.4. The molecule has 0 aliphatic carbocycles. The third kappa shape index (κ3) is 7.58. The Morgan fingerprint density at radius 2 is 1.20 bits per heavy atom. The van der Waals surface area contributed by atoms with Crippen LogP contribution in [0.25, 0.3) is 44.5 Å². The standard InChI is InChI=1S/C20H10FN3O4S.C19H11ClN2O4S/c21-13-7-10(8-22)5-6-11(13)12-9-29-19(16(12)20(26)27)24-17(25)18-23-14-3-1-2-4-15(14)28-18;20-11-7-5-10(6-8-11)12-9-27-18(15(12)19(24)25)22-16(23)17-21-13-3-1-2-4-14(13)26-17/h1-7,9H,(H,24,25)(H,26,27);1-9H,(H,22,23)(H,24,25). The molecule has 276 valence electrons. The number of amides is 2. The van der Waals surface area contributed by atoms with E-state index in [0.29, 0.717) is 38.3 Å². The first-order chi connectivity index (χ1) is 27.0. The van der Waals surface area contributed by atoms with Crippen LogP contribution in [0.5, 0.6) is 0 Å². The number of aromatic nitrogens is 2.